The van der Waals surface area contributed by atoms with E-state index in [-0.39, 0.29) is 5.56 Å². The Morgan fingerprint density at radius 2 is 1.85 bits per heavy atom. The van der Waals surface area contributed by atoms with E-state index in [0.717, 1.165) is 17.7 Å². The Kier molecular flexibility index (Phi) is 4.99. The number of hydrogen-bond acceptors (Lipinski definition) is 2. The number of hydrogen-bond donors (Lipinski definition) is 1. The molecule has 0 atom stereocenters. The Bertz CT molecular complexity index is 920. The fourth-order valence-electron chi connectivity index (χ4n) is 2.35. The van der Waals surface area contributed by atoms with Crippen LogP contribution in [-0.2, 0) is 12.7 Å². The molecule has 4 nitrogen and oxygen atoms in total. The van der Waals surface area contributed by atoms with Gasteiger partial charge in [-0.25, -0.2) is 4.68 Å². The van der Waals surface area contributed by atoms with Gasteiger partial charge in [0.15, 0.2) is 0 Å². The molecular weight excluding hydrogens is 367 g/mol. The van der Waals surface area contributed by atoms with E-state index in [1.807, 2.05) is 12.1 Å². The second kappa shape index (κ2) is 7.21. The Labute approximate surface area is 152 Å². The van der Waals surface area contributed by atoms with Gasteiger partial charge in [-0.2, -0.15) is 18.3 Å². The standard InChI is InChI=1S/C18H13ClF3N3O/c19-15-6-4-12(5-7-15)11-25-16(8-9-23-25)24-17(26)13-2-1-3-14(10-13)18(20,21)22/h1-10H,11H2,(H,24,26). The van der Waals surface area contributed by atoms with E-state index >= 15 is 0 Å². The van der Waals surface area contributed by atoms with Gasteiger partial charge in [-0.1, -0.05) is 29.8 Å². The molecule has 26 heavy (non-hydrogen) atoms. The fraction of sp³-hybridized carbons (Fsp3) is 0.111. The van der Waals surface area contributed by atoms with E-state index in [1.165, 1.54) is 23.0 Å². The van der Waals surface area contributed by atoms with Crippen molar-refractivity contribution in [1.82, 2.24) is 9.78 Å². The number of aromatic nitrogens is 2. The summed E-state index contributed by atoms with van der Waals surface area (Å²) < 4.78 is 39.9. The summed E-state index contributed by atoms with van der Waals surface area (Å²) in [6, 6.07) is 12.9. The van der Waals surface area contributed by atoms with Crippen molar-refractivity contribution in [2.24, 2.45) is 0 Å². The molecule has 0 aliphatic heterocycles. The quantitative estimate of drug-likeness (QED) is 0.704. The molecule has 0 spiro atoms. The Morgan fingerprint density at radius 1 is 1.12 bits per heavy atom. The first-order chi connectivity index (χ1) is 12.3. The van der Waals surface area contributed by atoms with Gasteiger partial charge in [0.1, 0.15) is 5.82 Å². The molecule has 0 aliphatic carbocycles. The third kappa shape index (κ3) is 4.23. The normalized spacial score (nSPS) is 11.4. The summed E-state index contributed by atoms with van der Waals surface area (Å²) >= 11 is 5.85. The van der Waals surface area contributed by atoms with Crippen LogP contribution in [0.2, 0.25) is 5.02 Å². The first-order valence-corrected chi connectivity index (χ1v) is 7.95. The summed E-state index contributed by atoms with van der Waals surface area (Å²) in [5.74, 6) is -0.267. The van der Waals surface area contributed by atoms with Crippen molar-refractivity contribution in [3.05, 3.63) is 82.5 Å². The maximum absolute atomic E-state index is 12.8. The molecule has 0 saturated carbocycles. The average Bonchev–Trinajstić information content (AvgIpc) is 3.03. The number of nitrogens with zero attached hydrogens (tertiary/aromatic N) is 2. The lowest BCUT2D eigenvalue weighted by Gasteiger charge is -2.11. The summed E-state index contributed by atoms with van der Waals surface area (Å²) in [5.41, 5.74) is -0.0495. The molecule has 1 amide bonds. The summed E-state index contributed by atoms with van der Waals surface area (Å²) in [6.07, 6.45) is -3.01. The second-order valence-corrected chi connectivity index (χ2v) is 5.97. The molecule has 8 heteroatoms. The number of benzene rings is 2. The van der Waals surface area contributed by atoms with E-state index in [4.69, 9.17) is 11.6 Å². The Hall–Kier alpha value is -2.80. The number of rotatable bonds is 4. The molecule has 0 aliphatic rings. The van der Waals surface area contributed by atoms with Gasteiger partial charge < -0.3 is 5.32 Å². The predicted molar refractivity (Wildman–Crippen MR) is 92.2 cm³/mol. The minimum absolute atomic E-state index is 0.0842. The van der Waals surface area contributed by atoms with Crippen LogP contribution in [0.5, 0.6) is 0 Å². The third-order valence-corrected chi connectivity index (χ3v) is 3.91. The summed E-state index contributed by atoms with van der Waals surface area (Å²) in [6.45, 7) is 0.377. The lowest BCUT2D eigenvalue weighted by molar-refractivity contribution is -0.137. The molecule has 0 fully saturated rings. The van der Waals surface area contributed by atoms with E-state index in [0.29, 0.717) is 17.4 Å². The highest BCUT2D eigenvalue weighted by molar-refractivity contribution is 6.30. The molecule has 0 bridgehead atoms. The monoisotopic (exact) mass is 379 g/mol. The van der Waals surface area contributed by atoms with Crippen LogP contribution < -0.4 is 5.32 Å². The van der Waals surface area contributed by atoms with Crippen molar-refractivity contribution < 1.29 is 18.0 Å². The maximum atomic E-state index is 12.8. The highest BCUT2D eigenvalue weighted by Crippen LogP contribution is 2.29. The molecular formula is C18H13ClF3N3O. The van der Waals surface area contributed by atoms with Gasteiger partial charge in [-0.3, -0.25) is 4.79 Å². The van der Waals surface area contributed by atoms with Gasteiger partial charge >= 0.3 is 6.18 Å². The topological polar surface area (TPSA) is 46.9 Å². The minimum atomic E-state index is -4.51. The van der Waals surface area contributed by atoms with Gasteiger partial charge in [-0.05, 0) is 35.9 Å². The molecule has 3 rings (SSSR count). The minimum Gasteiger partial charge on any atom is -0.307 e. The second-order valence-electron chi connectivity index (χ2n) is 5.53. The number of carbonyl (C=O) groups excluding carboxylic acids is 1. The summed E-state index contributed by atoms with van der Waals surface area (Å²) in [5, 5.41) is 7.32. The summed E-state index contributed by atoms with van der Waals surface area (Å²) in [4.78, 5) is 12.3. The number of alkyl halides is 3. The first kappa shape index (κ1) is 18.0. The Morgan fingerprint density at radius 3 is 2.54 bits per heavy atom. The number of anilines is 1. The first-order valence-electron chi connectivity index (χ1n) is 7.58. The fourth-order valence-corrected chi connectivity index (χ4v) is 2.48. The van der Waals surface area contributed by atoms with Crippen LogP contribution in [-0.4, -0.2) is 15.7 Å². The summed E-state index contributed by atoms with van der Waals surface area (Å²) in [7, 11) is 0. The van der Waals surface area contributed by atoms with Crippen LogP contribution in [0.3, 0.4) is 0 Å². The molecule has 1 aromatic heterocycles. The zero-order valence-corrected chi connectivity index (χ0v) is 14.1. The van der Waals surface area contributed by atoms with Gasteiger partial charge in [0, 0.05) is 16.7 Å². The van der Waals surface area contributed by atoms with Crippen LogP contribution in [0.15, 0.2) is 60.8 Å². The number of halogens is 4. The van der Waals surface area contributed by atoms with Gasteiger partial charge in [0.25, 0.3) is 5.91 Å². The smallest absolute Gasteiger partial charge is 0.307 e. The van der Waals surface area contributed by atoms with Crippen LogP contribution >= 0.6 is 11.6 Å². The van der Waals surface area contributed by atoms with Crippen molar-refractivity contribution >= 4 is 23.3 Å². The van der Waals surface area contributed by atoms with Crippen molar-refractivity contribution in [2.75, 3.05) is 5.32 Å². The number of carbonyl (C=O) groups is 1. The Balaban J connectivity index is 1.77. The molecule has 1 heterocycles. The molecule has 0 radical (unpaired) electrons. The molecule has 2 aromatic carbocycles. The molecule has 3 aromatic rings. The number of amides is 1. The maximum Gasteiger partial charge on any atom is 0.416 e. The van der Waals surface area contributed by atoms with Gasteiger partial charge in [0.2, 0.25) is 0 Å². The van der Waals surface area contributed by atoms with Gasteiger partial charge in [-0.15, -0.1) is 0 Å². The highest BCUT2D eigenvalue weighted by Gasteiger charge is 2.30. The van der Waals surface area contributed by atoms with Crippen molar-refractivity contribution in [1.29, 1.82) is 0 Å². The largest absolute Gasteiger partial charge is 0.416 e. The van der Waals surface area contributed by atoms with Crippen LogP contribution in [0.1, 0.15) is 21.5 Å². The molecule has 134 valence electrons. The van der Waals surface area contributed by atoms with E-state index in [2.05, 4.69) is 10.4 Å². The number of nitrogens with one attached hydrogen (secondary N) is 1. The molecule has 1 N–H and O–H groups in total. The SMILES string of the molecule is O=C(Nc1ccnn1Cc1ccc(Cl)cc1)c1cccc(C(F)(F)F)c1. The zero-order valence-electron chi connectivity index (χ0n) is 13.3. The molecule has 0 unspecified atom stereocenters. The van der Waals surface area contributed by atoms with E-state index < -0.39 is 17.6 Å². The van der Waals surface area contributed by atoms with Crippen LogP contribution in [0.4, 0.5) is 19.0 Å². The lowest BCUT2D eigenvalue weighted by atomic mass is 10.1. The third-order valence-electron chi connectivity index (χ3n) is 3.66. The van der Waals surface area contributed by atoms with Crippen molar-refractivity contribution in [2.45, 2.75) is 12.7 Å². The van der Waals surface area contributed by atoms with E-state index in [1.54, 1.807) is 18.2 Å². The van der Waals surface area contributed by atoms with E-state index in [9.17, 15) is 18.0 Å². The van der Waals surface area contributed by atoms with Crippen LogP contribution in [0.25, 0.3) is 0 Å². The zero-order chi connectivity index (χ0) is 18.7. The highest BCUT2D eigenvalue weighted by atomic mass is 35.5. The van der Waals surface area contributed by atoms with Crippen LogP contribution in [0, 0.1) is 0 Å². The van der Waals surface area contributed by atoms with Gasteiger partial charge in [0.05, 0.1) is 18.3 Å². The predicted octanol–water partition coefficient (Wildman–Crippen LogP) is 4.86. The lowest BCUT2D eigenvalue weighted by Crippen LogP contribution is -2.17. The van der Waals surface area contributed by atoms with Crippen molar-refractivity contribution in [3.63, 3.8) is 0 Å². The van der Waals surface area contributed by atoms with Crippen molar-refractivity contribution in [3.8, 4) is 0 Å². The molecule has 0 saturated heterocycles. The average molecular weight is 380 g/mol.